The van der Waals surface area contributed by atoms with Crippen LogP contribution in [0.1, 0.15) is 45.1 Å². The lowest BCUT2D eigenvalue weighted by Gasteiger charge is -2.09. The molecular formula is C11H18N2O. The van der Waals surface area contributed by atoms with Crippen molar-refractivity contribution >= 4 is 0 Å². The second-order valence-electron chi connectivity index (χ2n) is 3.42. The van der Waals surface area contributed by atoms with Gasteiger partial charge in [0.1, 0.15) is 0 Å². The lowest BCUT2D eigenvalue weighted by atomic mass is 10.00. The molecule has 1 rings (SSSR count). The molecule has 0 saturated heterocycles. The molecule has 1 atom stereocenters. The van der Waals surface area contributed by atoms with Crippen LogP contribution in [0.4, 0.5) is 0 Å². The third-order valence-electron chi connectivity index (χ3n) is 2.21. The molecule has 1 heterocycles. The molecule has 1 aromatic rings. The van der Waals surface area contributed by atoms with Crippen molar-refractivity contribution in [3.8, 4) is 6.01 Å². The van der Waals surface area contributed by atoms with Crippen LogP contribution in [-0.4, -0.2) is 16.6 Å². The van der Waals surface area contributed by atoms with Crippen LogP contribution in [0.2, 0.25) is 0 Å². The van der Waals surface area contributed by atoms with Crippen molar-refractivity contribution in [2.45, 2.75) is 39.5 Å². The van der Waals surface area contributed by atoms with E-state index in [1.165, 1.54) is 18.4 Å². The van der Waals surface area contributed by atoms with Crippen LogP contribution >= 0.6 is 0 Å². The minimum atomic E-state index is 0.472. The molecule has 0 spiro atoms. The van der Waals surface area contributed by atoms with Gasteiger partial charge in [0, 0.05) is 12.4 Å². The topological polar surface area (TPSA) is 35.0 Å². The minimum Gasteiger partial charge on any atom is -0.464 e. The summed E-state index contributed by atoms with van der Waals surface area (Å²) in [6.07, 6.45) is 6.09. The summed E-state index contributed by atoms with van der Waals surface area (Å²) in [5, 5.41) is 0. The Morgan fingerprint density at radius 3 is 2.43 bits per heavy atom. The molecule has 0 aliphatic carbocycles. The first-order valence-electron chi connectivity index (χ1n) is 5.22. The third-order valence-corrected chi connectivity index (χ3v) is 2.21. The van der Waals surface area contributed by atoms with E-state index in [0.717, 1.165) is 0 Å². The van der Waals surface area contributed by atoms with Crippen LogP contribution in [-0.2, 0) is 0 Å². The summed E-state index contributed by atoms with van der Waals surface area (Å²) in [5.41, 5.74) is 1.19. The predicted molar refractivity (Wildman–Crippen MR) is 56.5 cm³/mol. The van der Waals surface area contributed by atoms with E-state index in [1.807, 2.05) is 19.3 Å². The molecule has 0 N–H and O–H groups in total. The Kier molecular flexibility index (Phi) is 4.36. The zero-order chi connectivity index (χ0) is 10.4. The molecule has 0 amide bonds. The van der Waals surface area contributed by atoms with Crippen LogP contribution in [0.5, 0.6) is 6.01 Å². The van der Waals surface area contributed by atoms with Gasteiger partial charge >= 0.3 is 6.01 Å². The predicted octanol–water partition coefficient (Wildman–Crippen LogP) is 2.78. The fraction of sp³-hybridized carbons (Fsp3) is 0.636. The van der Waals surface area contributed by atoms with Gasteiger partial charge in [-0.05, 0) is 24.8 Å². The first kappa shape index (κ1) is 11.0. The van der Waals surface area contributed by atoms with Gasteiger partial charge in [0.25, 0.3) is 0 Å². The second-order valence-corrected chi connectivity index (χ2v) is 3.42. The number of hydrogen-bond donors (Lipinski definition) is 0. The van der Waals surface area contributed by atoms with Crippen LogP contribution < -0.4 is 4.74 Å². The van der Waals surface area contributed by atoms with Crippen LogP contribution in [0, 0.1) is 0 Å². The van der Waals surface area contributed by atoms with Gasteiger partial charge in [-0.25, -0.2) is 9.97 Å². The van der Waals surface area contributed by atoms with Crippen molar-refractivity contribution in [2.24, 2.45) is 0 Å². The summed E-state index contributed by atoms with van der Waals surface area (Å²) in [5.74, 6) is 0.538. The Bertz CT molecular complexity index is 258. The smallest absolute Gasteiger partial charge is 0.316 e. The molecule has 0 fully saturated rings. The molecule has 0 radical (unpaired) electrons. The number of ether oxygens (including phenoxy) is 1. The van der Waals surface area contributed by atoms with Gasteiger partial charge in [-0.3, -0.25) is 0 Å². The molecule has 1 aromatic heterocycles. The summed E-state index contributed by atoms with van der Waals surface area (Å²) in [4.78, 5) is 8.28. The van der Waals surface area contributed by atoms with E-state index in [-0.39, 0.29) is 0 Å². The van der Waals surface area contributed by atoms with Crippen LogP contribution in [0.3, 0.4) is 0 Å². The van der Waals surface area contributed by atoms with Gasteiger partial charge < -0.3 is 4.74 Å². The van der Waals surface area contributed by atoms with Gasteiger partial charge in [-0.1, -0.05) is 20.3 Å². The average molecular weight is 194 g/mol. The van der Waals surface area contributed by atoms with Gasteiger partial charge in [0.2, 0.25) is 0 Å². The summed E-state index contributed by atoms with van der Waals surface area (Å²) < 4.78 is 5.18. The molecule has 78 valence electrons. The van der Waals surface area contributed by atoms with E-state index in [4.69, 9.17) is 4.74 Å². The maximum absolute atomic E-state index is 5.18. The Morgan fingerprint density at radius 2 is 1.93 bits per heavy atom. The van der Waals surface area contributed by atoms with E-state index >= 15 is 0 Å². The Morgan fingerprint density at radius 1 is 1.29 bits per heavy atom. The minimum absolute atomic E-state index is 0.472. The van der Waals surface area contributed by atoms with Gasteiger partial charge in [-0.15, -0.1) is 0 Å². The quantitative estimate of drug-likeness (QED) is 0.723. The van der Waals surface area contributed by atoms with Crippen LogP contribution in [0.15, 0.2) is 12.4 Å². The number of rotatable bonds is 5. The van der Waals surface area contributed by atoms with Crippen LogP contribution in [0.25, 0.3) is 0 Å². The summed E-state index contributed by atoms with van der Waals surface area (Å²) >= 11 is 0. The molecule has 0 saturated carbocycles. The van der Waals surface area contributed by atoms with Crippen molar-refractivity contribution in [3.05, 3.63) is 18.0 Å². The second kappa shape index (κ2) is 5.58. The first-order valence-corrected chi connectivity index (χ1v) is 5.22. The largest absolute Gasteiger partial charge is 0.464 e. The highest BCUT2D eigenvalue weighted by molar-refractivity contribution is 5.12. The highest BCUT2D eigenvalue weighted by atomic mass is 16.5. The molecule has 0 bridgehead atoms. The third kappa shape index (κ3) is 2.98. The average Bonchev–Trinajstić information content (AvgIpc) is 2.20. The molecular weight excluding hydrogens is 176 g/mol. The first-order chi connectivity index (χ1) is 6.77. The number of nitrogens with zero attached hydrogens (tertiary/aromatic N) is 2. The van der Waals surface area contributed by atoms with Crippen molar-refractivity contribution in [1.29, 1.82) is 0 Å². The summed E-state index contributed by atoms with van der Waals surface area (Å²) in [7, 11) is 0. The molecule has 0 aliphatic rings. The monoisotopic (exact) mass is 194 g/mol. The van der Waals surface area contributed by atoms with Crippen molar-refractivity contribution in [2.75, 3.05) is 6.61 Å². The molecule has 0 aliphatic heterocycles. The standard InChI is InChI=1S/C11H18N2O/c1-4-6-9(3)10-7-12-11(13-8-10)14-5-2/h7-9H,4-6H2,1-3H3. The van der Waals surface area contributed by atoms with Gasteiger partial charge in [-0.2, -0.15) is 0 Å². The maximum Gasteiger partial charge on any atom is 0.316 e. The lowest BCUT2D eigenvalue weighted by Crippen LogP contribution is -2.00. The zero-order valence-corrected chi connectivity index (χ0v) is 9.16. The Hall–Kier alpha value is -1.12. The van der Waals surface area contributed by atoms with E-state index in [0.29, 0.717) is 18.5 Å². The molecule has 3 heteroatoms. The van der Waals surface area contributed by atoms with Gasteiger partial charge in [0.15, 0.2) is 0 Å². The van der Waals surface area contributed by atoms with Crippen molar-refractivity contribution in [1.82, 2.24) is 9.97 Å². The van der Waals surface area contributed by atoms with E-state index in [1.54, 1.807) is 0 Å². The molecule has 3 nitrogen and oxygen atoms in total. The fourth-order valence-electron chi connectivity index (χ4n) is 1.38. The number of hydrogen-bond acceptors (Lipinski definition) is 3. The summed E-state index contributed by atoms with van der Waals surface area (Å²) in [6.45, 7) is 6.93. The highest BCUT2D eigenvalue weighted by Crippen LogP contribution is 2.19. The fourth-order valence-corrected chi connectivity index (χ4v) is 1.38. The van der Waals surface area contributed by atoms with Crippen molar-refractivity contribution in [3.63, 3.8) is 0 Å². The lowest BCUT2D eigenvalue weighted by molar-refractivity contribution is 0.312. The molecule has 0 aromatic carbocycles. The summed E-state index contributed by atoms with van der Waals surface area (Å²) in [6, 6.07) is 0.472. The Labute approximate surface area is 85.5 Å². The SMILES string of the molecule is CCCC(C)c1cnc(OCC)nc1. The van der Waals surface area contributed by atoms with E-state index in [9.17, 15) is 0 Å². The highest BCUT2D eigenvalue weighted by Gasteiger charge is 2.05. The van der Waals surface area contributed by atoms with Crippen molar-refractivity contribution < 1.29 is 4.74 Å². The van der Waals surface area contributed by atoms with E-state index in [2.05, 4.69) is 23.8 Å². The normalized spacial score (nSPS) is 12.5. The molecule has 1 unspecified atom stereocenters. The Balaban J connectivity index is 2.62. The van der Waals surface area contributed by atoms with Gasteiger partial charge in [0.05, 0.1) is 6.61 Å². The molecule has 14 heavy (non-hydrogen) atoms. The van der Waals surface area contributed by atoms with E-state index < -0.39 is 0 Å². The maximum atomic E-state index is 5.18. The number of aromatic nitrogens is 2. The zero-order valence-electron chi connectivity index (χ0n) is 9.16.